The quantitative estimate of drug-likeness (QED) is 0.303. The first-order chi connectivity index (χ1) is 14.7. The largest absolute Gasteiger partial charge is 0.497 e. The molecular weight excluding hydrogens is 419 g/mol. The lowest BCUT2D eigenvalue weighted by Gasteiger charge is -2.24. The summed E-state index contributed by atoms with van der Waals surface area (Å²) < 4.78 is 20.8. The van der Waals surface area contributed by atoms with Crippen LogP contribution in [-0.2, 0) is 20.5 Å². The van der Waals surface area contributed by atoms with Crippen LogP contribution in [0.1, 0.15) is 48.8 Å². The SMILES string of the molecule is COc1cccc(/C(C)=N/OCc2ccc([C@H]3CC[C@](N)(COP(=O)(O)O)C3)cc2)c1. The van der Waals surface area contributed by atoms with E-state index in [9.17, 15) is 4.57 Å². The van der Waals surface area contributed by atoms with Gasteiger partial charge in [0.05, 0.1) is 19.4 Å². The minimum Gasteiger partial charge on any atom is -0.497 e. The first kappa shape index (κ1) is 23.4. The normalized spacial score (nSPS) is 21.8. The van der Waals surface area contributed by atoms with Crippen LogP contribution in [0.5, 0.6) is 5.75 Å². The van der Waals surface area contributed by atoms with Crippen LogP contribution in [0.3, 0.4) is 0 Å². The second-order valence-corrected chi connectivity index (χ2v) is 9.23. The van der Waals surface area contributed by atoms with Gasteiger partial charge in [0.25, 0.3) is 0 Å². The highest BCUT2D eigenvalue weighted by Crippen LogP contribution is 2.43. The van der Waals surface area contributed by atoms with Crippen molar-refractivity contribution in [2.75, 3.05) is 13.7 Å². The van der Waals surface area contributed by atoms with Crippen molar-refractivity contribution < 1.29 is 28.5 Å². The molecule has 1 fully saturated rings. The van der Waals surface area contributed by atoms with Crippen molar-refractivity contribution in [3.63, 3.8) is 0 Å². The van der Waals surface area contributed by atoms with Gasteiger partial charge in [-0.1, -0.05) is 41.6 Å². The van der Waals surface area contributed by atoms with Gasteiger partial charge in [-0.25, -0.2) is 4.57 Å². The molecule has 4 N–H and O–H groups in total. The second kappa shape index (κ2) is 9.94. The van der Waals surface area contributed by atoms with E-state index in [1.807, 2.05) is 55.5 Å². The fraction of sp³-hybridized carbons (Fsp3) is 0.409. The number of ether oxygens (including phenoxy) is 1. The number of hydrogen-bond donors (Lipinski definition) is 3. The van der Waals surface area contributed by atoms with E-state index in [2.05, 4.69) is 9.68 Å². The molecule has 0 bridgehead atoms. The molecule has 2 aromatic carbocycles. The van der Waals surface area contributed by atoms with Crippen molar-refractivity contribution in [1.82, 2.24) is 0 Å². The highest BCUT2D eigenvalue weighted by Gasteiger charge is 2.38. The van der Waals surface area contributed by atoms with Crippen LogP contribution in [0, 0.1) is 0 Å². The van der Waals surface area contributed by atoms with Crippen molar-refractivity contribution in [3.8, 4) is 5.75 Å². The number of nitrogens with zero attached hydrogens (tertiary/aromatic N) is 1. The Morgan fingerprint density at radius 1 is 1.26 bits per heavy atom. The predicted octanol–water partition coefficient (Wildman–Crippen LogP) is 3.71. The zero-order chi connectivity index (χ0) is 22.5. The van der Waals surface area contributed by atoms with Crippen LogP contribution in [0.25, 0.3) is 0 Å². The van der Waals surface area contributed by atoms with Crippen LogP contribution in [0.15, 0.2) is 53.7 Å². The van der Waals surface area contributed by atoms with Crippen LogP contribution in [-0.4, -0.2) is 34.8 Å². The number of rotatable bonds is 9. The molecule has 0 spiro atoms. The average molecular weight is 448 g/mol. The van der Waals surface area contributed by atoms with Crippen molar-refractivity contribution in [3.05, 3.63) is 65.2 Å². The molecular formula is C22H29N2O6P. The molecule has 0 aliphatic heterocycles. The molecule has 2 atom stereocenters. The zero-order valence-corrected chi connectivity index (χ0v) is 18.6. The number of benzene rings is 2. The van der Waals surface area contributed by atoms with Gasteiger partial charge in [-0.3, -0.25) is 4.52 Å². The van der Waals surface area contributed by atoms with Gasteiger partial charge >= 0.3 is 7.82 Å². The van der Waals surface area contributed by atoms with Gasteiger partial charge in [0.15, 0.2) is 0 Å². The van der Waals surface area contributed by atoms with Gasteiger partial charge in [0.2, 0.25) is 0 Å². The summed E-state index contributed by atoms with van der Waals surface area (Å²) >= 11 is 0. The number of nitrogens with two attached hydrogens (primary N) is 1. The molecule has 8 nitrogen and oxygen atoms in total. The monoisotopic (exact) mass is 448 g/mol. The van der Waals surface area contributed by atoms with E-state index in [0.717, 1.165) is 34.6 Å². The molecule has 0 amide bonds. The lowest BCUT2D eigenvalue weighted by atomic mass is 9.93. The molecule has 0 radical (unpaired) electrons. The van der Waals surface area contributed by atoms with Crippen LogP contribution >= 0.6 is 7.82 Å². The smallest absolute Gasteiger partial charge is 0.469 e. The predicted molar refractivity (Wildman–Crippen MR) is 118 cm³/mol. The molecule has 0 heterocycles. The van der Waals surface area contributed by atoms with E-state index in [0.29, 0.717) is 19.4 Å². The number of phosphoric ester groups is 1. The van der Waals surface area contributed by atoms with E-state index in [4.69, 9.17) is 25.1 Å². The van der Waals surface area contributed by atoms with E-state index < -0.39 is 13.4 Å². The van der Waals surface area contributed by atoms with Crippen molar-refractivity contribution in [1.29, 1.82) is 0 Å². The lowest BCUT2D eigenvalue weighted by Crippen LogP contribution is -2.41. The van der Waals surface area contributed by atoms with E-state index in [-0.39, 0.29) is 12.5 Å². The zero-order valence-electron chi connectivity index (χ0n) is 17.7. The molecule has 31 heavy (non-hydrogen) atoms. The molecule has 1 saturated carbocycles. The molecule has 1 aliphatic rings. The Hall–Kier alpha value is -2.22. The van der Waals surface area contributed by atoms with Crippen molar-refractivity contribution in [2.24, 2.45) is 10.9 Å². The highest BCUT2D eigenvalue weighted by molar-refractivity contribution is 7.46. The third-order valence-corrected chi connectivity index (χ3v) is 6.00. The fourth-order valence-corrected chi connectivity index (χ4v) is 4.20. The first-order valence-corrected chi connectivity index (χ1v) is 11.6. The van der Waals surface area contributed by atoms with Crippen LogP contribution in [0.4, 0.5) is 0 Å². The minimum atomic E-state index is -4.51. The minimum absolute atomic E-state index is 0.148. The van der Waals surface area contributed by atoms with Gasteiger partial charge in [0, 0.05) is 11.1 Å². The summed E-state index contributed by atoms with van der Waals surface area (Å²) in [5.74, 6) is 0.998. The Balaban J connectivity index is 1.53. The maximum absolute atomic E-state index is 10.9. The lowest BCUT2D eigenvalue weighted by molar-refractivity contribution is 0.130. The Bertz CT molecular complexity index is 959. The third kappa shape index (κ3) is 6.89. The number of oxime groups is 1. The first-order valence-electron chi connectivity index (χ1n) is 10.1. The third-order valence-electron chi connectivity index (χ3n) is 5.54. The Labute approximate surface area is 182 Å². The van der Waals surface area contributed by atoms with Gasteiger partial charge < -0.3 is 25.1 Å². The maximum atomic E-state index is 10.9. The maximum Gasteiger partial charge on any atom is 0.469 e. The second-order valence-electron chi connectivity index (χ2n) is 7.99. The average Bonchev–Trinajstić information content (AvgIpc) is 3.15. The Morgan fingerprint density at radius 2 is 2.00 bits per heavy atom. The highest BCUT2D eigenvalue weighted by atomic mass is 31.2. The standard InChI is InChI=1S/C22H29N2O6P/c1-16(19-4-3-5-21(12-19)28-2)24-29-14-17-6-8-18(9-7-17)20-10-11-22(23,13-20)15-30-31(25,26)27/h3-9,12,20H,10-11,13-15,23H2,1-2H3,(H2,25,26,27)/b24-16+/t20-,22+/m0/s1. The van der Waals surface area contributed by atoms with Crippen molar-refractivity contribution >= 4 is 13.5 Å². The summed E-state index contributed by atoms with van der Waals surface area (Å²) in [5, 5.41) is 4.19. The van der Waals surface area contributed by atoms with Gasteiger partial charge in [0.1, 0.15) is 12.4 Å². The summed E-state index contributed by atoms with van der Waals surface area (Å²) in [7, 11) is -2.89. The van der Waals surface area contributed by atoms with Crippen molar-refractivity contribution in [2.45, 2.75) is 44.2 Å². The van der Waals surface area contributed by atoms with E-state index in [1.165, 1.54) is 0 Å². The summed E-state index contributed by atoms with van der Waals surface area (Å²) in [4.78, 5) is 23.3. The van der Waals surface area contributed by atoms with Gasteiger partial charge in [-0.05, 0) is 55.4 Å². The summed E-state index contributed by atoms with van der Waals surface area (Å²) in [6.45, 7) is 2.08. The molecule has 0 saturated heterocycles. The van der Waals surface area contributed by atoms with E-state index in [1.54, 1.807) is 7.11 Å². The number of phosphoric acid groups is 1. The molecule has 1 aliphatic carbocycles. The Kier molecular flexibility index (Phi) is 7.51. The van der Waals surface area contributed by atoms with Crippen LogP contribution < -0.4 is 10.5 Å². The van der Waals surface area contributed by atoms with Gasteiger partial charge in [-0.15, -0.1) is 0 Å². The van der Waals surface area contributed by atoms with Gasteiger partial charge in [-0.2, -0.15) is 0 Å². The fourth-order valence-electron chi connectivity index (χ4n) is 3.78. The topological polar surface area (TPSA) is 124 Å². The Morgan fingerprint density at radius 3 is 2.68 bits per heavy atom. The van der Waals surface area contributed by atoms with Crippen LogP contribution in [0.2, 0.25) is 0 Å². The number of hydrogen-bond acceptors (Lipinski definition) is 6. The summed E-state index contributed by atoms with van der Waals surface area (Å²) in [5.41, 5.74) is 9.38. The molecule has 2 aromatic rings. The number of methoxy groups -OCH3 is 1. The molecule has 3 rings (SSSR count). The molecule has 0 unspecified atom stereocenters. The summed E-state index contributed by atoms with van der Waals surface area (Å²) in [6, 6.07) is 15.7. The summed E-state index contributed by atoms with van der Waals surface area (Å²) in [6.07, 6.45) is 2.12. The molecule has 9 heteroatoms. The molecule has 168 valence electrons. The molecule has 0 aromatic heterocycles. The van der Waals surface area contributed by atoms with E-state index >= 15 is 0 Å².